The van der Waals surface area contributed by atoms with E-state index in [0.29, 0.717) is 5.56 Å². The maximum atomic E-state index is 14.6. The molecule has 0 saturated carbocycles. The van der Waals surface area contributed by atoms with E-state index in [0.717, 1.165) is 0 Å². The normalized spacial score (nSPS) is 15.3. The highest BCUT2D eigenvalue weighted by molar-refractivity contribution is 6.31. The second-order valence-electron chi connectivity index (χ2n) is 6.13. The van der Waals surface area contributed by atoms with Gasteiger partial charge >= 0.3 is 5.97 Å². The van der Waals surface area contributed by atoms with Gasteiger partial charge in [-0.1, -0.05) is 23.7 Å². The SMILES string of the molecule is N#CC1=C(N)Oc2cc(OC(=O)c3ccco3)ccc2C1c1c(F)cccc1Cl. The predicted octanol–water partition coefficient (Wildman–Crippen LogP) is 4.51. The lowest BCUT2D eigenvalue weighted by atomic mass is 9.83. The highest BCUT2D eigenvalue weighted by Gasteiger charge is 2.34. The standard InChI is InChI=1S/C21H12ClFN2O4/c22-14-3-1-4-15(23)19(14)18-12-7-6-11(28-21(26)16-5-2-8-27-16)9-17(12)29-20(25)13(18)10-24/h1-9,18H,25H2. The Bertz CT molecular complexity index is 1160. The van der Waals surface area contributed by atoms with Gasteiger partial charge in [-0.2, -0.15) is 5.26 Å². The minimum atomic E-state index is -0.868. The number of rotatable bonds is 3. The molecule has 0 amide bonds. The minimum Gasteiger partial charge on any atom is -0.457 e. The van der Waals surface area contributed by atoms with Gasteiger partial charge < -0.3 is 19.6 Å². The number of furan rings is 1. The molecule has 1 atom stereocenters. The van der Waals surface area contributed by atoms with Crippen LogP contribution in [0.25, 0.3) is 0 Å². The largest absolute Gasteiger partial charge is 0.457 e. The molecule has 2 aromatic carbocycles. The number of ether oxygens (including phenoxy) is 2. The summed E-state index contributed by atoms with van der Waals surface area (Å²) in [5, 5.41) is 9.72. The van der Waals surface area contributed by atoms with Gasteiger partial charge in [0, 0.05) is 22.2 Å². The van der Waals surface area contributed by atoms with Crippen LogP contribution < -0.4 is 15.2 Å². The van der Waals surface area contributed by atoms with E-state index in [9.17, 15) is 14.4 Å². The summed E-state index contributed by atoms with van der Waals surface area (Å²) >= 11 is 6.22. The molecule has 0 bridgehead atoms. The third kappa shape index (κ3) is 3.30. The molecule has 1 aliphatic rings. The van der Waals surface area contributed by atoms with Crippen molar-refractivity contribution in [3.8, 4) is 17.6 Å². The van der Waals surface area contributed by atoms with Crippen LogP contribution in [0.4, 0.5) is 4.39 Å². The van der Waals surface area contributed by atoms with Crippen LogP contribution in [0, 0.1) is 17.1 Å². The summed E-state index contributed by atoms with van der Waals surface area (Å²) in [6, 6.07) is 13.7. The number of nitrogens with two attached hydrogens (primary N) is 1. The first-order valence-electron chi connectivity index (χ1n) is 8.40. The van der Waals surface area contributed by atoms with E-state index < -0.39 is 17.7 Å². The second-order valence-corrected chi connectivity index (χ2v) is 6.53. The molecule has 144 valence electrons. The maximum Gasteiger partial charge on any atom is 0.379 e. The summed E-state index contributed by atoms with van der Waals surface area (Å²) in [5.74, 6) is -1.91. The van der Waals surface area contributed by atoms with Crippen molar-refractivity contribution in [2.45, 2.75) is 5.92 Å². The Morgan fingerprint density at radius 2 is 2.07 bits per heavy atom. The molecule has 6 nitrogen and oxygen atoms in total. The summed E-state index contributed by atoms with van der Waals surface area (Å²) in [4.78, 5) is 12.1. The molecule has 2 heterocycles. The van der Waals surface area contributed by atoms with Crippen LogP contribution in [-0.2, 0) is 0 Å². The monoisotopic (exact) mass is 410 g/mol. The zero-order valence-electron chi connectivity index (χ0n) is 14.7. The van der Waals surface area contributed by atoms with Crippen molar-refractivity contribution in [3.05, 3.63) is 94.0 Å². The van der Waals surface area contributed by atoms with Crippen LogP contribution in [0.1, 0.15) is 27.6 Å². The third-order valence-corrected chi connectivity index (χ3v) is 4.74. The molecule has 0 spiro atoms. The van der Waals surface area contributed by atoms with Crippen molar-refractivity contribution in [1.82, 2.24) is 0 Å². The van der Waals surface area contributed by atoms with E-state index in [-0.39, 0.29) is 39.3 Å². The Labute approximate surface area is 169 Å². The molecule has 0 fully saturated rings. The molecule has 0 radical (unpaired) electrons. The van der Waals surface area contributed by atoms with Crippen molar-refractivity contribution < 1.29 is 23.1 Å². The van der Waals surface area contributed by atoms with Gasteiger partial charge in [0.1, 0.15) is 29.0 Å². The fraction of sp³-hybridized carbons (Fsp3) is 0.0476. The molecular formula is C21H12ClFN2O4. The second kappa shape index (κ2) is 7.34. The predicted molar refractivity (Wildman–Crippen MR) is 101 cm³/mol. The number of nitriles is 1. The maximum absolute atomic E-state index is 14.6. The Kier molecular flexibility index (Phi) is 4.71. The van der Waals surface area contributed by atoms with Crippen molar-refractivity contribution in [3.63, 3.8) is 0 Å². The molecule has 2 N–H and O–H groups in total. The van der Waals surface area contributed by atoms with E-state index in [1.807, 2.05) is 6.07 Å². The van der Waals surface area contributed by atoms with Gasteiger partial charge in [0.2, 0.25) is 11.6 Å². The average Bonchev–Trinajstić information content (AvgIpc) is 3.22. The van der Waals surface area contributed by atoms with Gasteiger partial charge in [-0.25, -0.2) is 9.18 Å². The highest BCUT2D eigenvalue weighted by atomic mass is 35.5. The zero-order valence-corrected chi connectivity index (χ0v) is 15.4. The van der Waals surface area contributed by atoms with E-state index >= 15 is 0 Å². The molecule has 8 heteroatoms. The zero-order chi connectivity index (χ0) is 20.5. The number of carbonyl (C=O) groups is 1. The molecule has 29 heavy (non-hydrogen) atoms. The first-order chi connectivity index (χ1) is 14.0. The van der Waals surface area contributed by atoms with Crippen LogP contribution >= 0.6 is 11.6 Å². The molecule has 0 saturated heterocycles. The quantitative estimate of drug-likeness (QED) is 0.504. The smallest absolute Gasteiger partial charge is 0.379 e. The Morgan fingerprint density at radius 3 is 2.76 bits per heavy atom. The summed E-state index contributed by atoms with van der Waals surface area (Å²) in [6.07, 6.45) is 1.35. The van der Waals surface area contributed by atoms with Crippen LogP contribution in [0.3, 0.4) is 0 Å². The fourth-order valence-electron chi connectivity index (χ4n) is 3.13. The number of benzene rings is 2. The van der Waals surface area contributed by atoms with Crippen LogP contribution in [0.15, 0.2) is 70.7 Å². The fourth-order valence-corrected chi connectivity index (χ4v) is 3.41. The van der Waals surface area contributed by atoms with Crippen molar-refractivity contribution in [2.75, 3.05) is 0 Å². The third-order valence-electron chi connectivity index (χ3n) is 4.41. The lowest BCUT2D eigenvalue weighted by molar-refractivity contribution is 0.0701. The number of hydrogen-bond donors (Lipinski definition) is 1. The molecular weight excluding hydrogens is 399 g/mol. The Balaban J connectivity index is 1.78. The van der Waals surface area contributed by atoms with Crippen molar-refractivity contribution in [2.24, 2.45) is 5.73 Å². The van der Waals surface area contributed by atoms with Gasteiger partial charge in [0.05, 0.1) is 12.2 Å². The summed E-state index contributed by atoms with van der Waals surface area (Å²) in [6.45, 7) is 0. The van der Waals surface area contributed by atoms with Gasteiger partial charge in [-0.3, -0.25) is 0 Å². The minimum absolute atomic E-state index is 0.0323. The average molecular weight is 411 g/mol. The van der Waals surface area contributed by atoms with Crippen LogP contribution in [0.5, 0.6) is 11.5 Å². The van der Waals surface area contributed by atoms with Gasteiger partial charge in [0.25, 0.3) is 0 Å². The van der Waals surface area contributed by atoms with Gasteiger partial charge in [-0.15, -0.1) is 0 Å². The Morgan fingerprint density at radius 1 is 1.24 bits per heavy atom. The number of carbonyl (C=O) groups excluding carboxylic acids is 1. The number of halogens is 2. The summed E-state index contributed by atoms with van der Waals surface area (Å²) in [5.41, 5.74) is 6.51. The Hall–Kier alpha value is -3.76. The van der Waals surface area contributed by atoms with E-state index in [2.05, 4.69) is 0 Å². The number of fused-ring (bicyclic) bond motifs is 1. The van der Waals surface area contributed by atoms with Crippen molar-refractivity contribution >= 4 is 17.6 Å². The summed E-state index contributed by atoms with van der Waals surface area (Å²) < 4.78 is 30.4. The van der Waals surface area contributed by atoms with E-state index in [4.69, 9.17) is 31.2 Å². The van der Waals surface area contributed by atoms with Gasteiger partial charge in [-0.05, 0) is 30.3 Å². The molecule has 1 unspecified atom stereocenters. The van der Waals surface area contributed by atoms with Crippen molar-refractivity contribution in [1.29, 1.82) is 5.26 Å². The highest BCUT2D eigenvalue weighted by Crippen LogP contribution is 2.46. The van der Waals surface area contributed by atoms with Crippen LogP contribution in [0.2, 0.25) is 5.02 Å². The number of nitrogens with zero attached hydrogens (tertiary/aromatic N) is 1. The number of hydrogen-bond acceptors (Lipinski definition) is 6. The topological polar surface area (TPSA) is 98.5 Å². The number of allylic oxidation sites excluding steroid dienone is 1. The lowest BCUT2D eigenvalue weighted by Crippen LogP contribution is -2.22. The first-order valence-corrected chi connectivity index (χ1v) is 8.78. The molecule has 0 aliphatic carbocycles. The molecule has 4 rings (SSSR count). The summed E-state index contributed by atoms with van der Waals surface area (Å²) in [7, 11) is 0. The molecule has 1 aromatic heterocycles. The lowest BCUT2D eigenvalue weighted by Gasteiger charge is -2.27. The van der Waals surface area contributed by atoms with Crippen LogP contribution in [-0.4, -0.2) is 5.97 Å². The number of esters is 1. The van der Waals surface area contributed by atoms with E-state index in [1.54, 1.807) is 12.1 Å². The first kappa shape index (κ1) is 18.6. The van der Waals surface area contributed by atoms with Gasteiger partial charge in [0.15, 0.2) is 0 Å². The molecule has 1 aliphatic heterocycles. The van der Waals surface area contributed by atoms with E-state index in [1.165, 1.54) is 42.7 Å². The molecule has 3 aromatic rings.